The van der Waals surface area contributed by atoms with Crippen LogP contribution in [0, 0.1) is 23.7 Å². The summed E-state index contributed by atoms with van der Waals surface area (Å²) in [5, 5.41) is 0. The van der Waals surface area contributed by atoms with Crippen LogP contribution in [-0.4, -0.2) is 27.4 Å². The Balaban J connectivity index is 4.37. The molecule has 0 aliphatic carbocycles. The summed E-state index contributed by atoms with van der Waals surface area (Å²) in [6, 6.07) is 0. The van der Waals surface area contributed by atoms with Gasteiger partial charge in [-0.25, -0.2) is 0 Å². The predicted octanol–water partition coefficient (Wildman–Crippen LogP) is 3.60. The second-order valence-corrected chi connectivity index (χ2v) is 5.69. The molecule has 98 valence electrons. The fourth-order valence-electron chi connectivity index (χ4n) is 2.43. The van der Waals surface area contributed by atoms with Crippen molar-refractivity contribution in [3.05, 3.63) is 0 Å². The van der Waals surface area contributed by atoms with Crippen LogP contribution in [0.1, 0.15) is 40.5 Å². The van der Waals surface area contributed by atoms with Crippen molar-refractivity contribution >= 4 is 0 Å². The summed E-state index contributed by atoms with van der Waals surface area (Å²) >= 11 is 0. The molecule has 0 aromatic heterocycles. The quantitative estimate of drug-likeness (QED) is 0.602. The zero-order valence-electron chi connectivity index (χ0n) is 12.0. The first-order valence-electron chi connectivity index (χ1n) is 6.49. The Labute approximate surface area is 102 Å². The van der Waals surface area contributed by atoms with Crippen LogP contribution in [0.4, 0.5) is 0 Å². The first-order chi connectivity index (χ1) is 7.51. The standard InChI is InChI=1S/C14H30O2/c1-11(2)7-13(9-15-5)14(10-16-6)8-12(3)4/h11-14H,7-10H2,1-6H3. The van der Waals surface area contributed by atoms with Crippen molar-refractivity contribution in [2.24, 2.45) is 23.7 Å². The third-order valence-corrected chi connectivity index (χ3v) is 2.98. The minimum Gasteiger partial charge on any atom is -0.384 e. The van der Waals surface area contributed by atoms with E-state index in [2.05, 4.69) is 27.7 Å². The van der Waals surface area contributed by atoms with Crippen LogP contribution in [0.5, 0.6) is 0 Å². The molecule has 0 amide bonds. The van der Waals surface area contributed by atoms with E-state index < -0.39 is 0 Å². The van der Waals surface area contributed by atoms with Gasteiger partial charge < -0.3 is 9.47 Å². The summed E-state index contributed by atoms with van der Waals surface area (Å²) in [6.45, 7) is 10.8. The molecule has 0 bridgehead atoms. The Morgan fingerprint density at radius 3 is 1.19 bits per heavy atom. The Bertz CT molecular complexity index is 137. The summed E-state index contributed by atoms with van der Waals surface area (Å²) in [5.74, 6) is 2.72. The van der Waals surface area contributed by atoms with E-state index in [1.807, 2.05) is 0 Å². The van der Waals surface area contributed by atoms with E-state index in [0.717, 1.165) is 25.0 Å². The molecule has 0 N–H and O–H groups in total. The number of hydrogen-bond donors (Lipinski definition) is 0. The fourth-order valence-corrected chi connectivity index (χ4v) is 2.43. The number of hydrogen-bond acceptors (Lipinski definition) is 2. The summed E-state index contributed by atoms with van der Waals surface area (Å²) in [4.78, 5) is 0. The van der Waals surface area contributed by atoms with Gasteiger partial charge in [0.1, 0.15) is 0 Å². The number of rotatable bonds is 9. The maximum Gasteiger partial charge on any atom is 0.0494 e. The third-order valence-electron chi connectivity index (χ3n) is 2.98. The highest BCUT2D eigenvalue weighted by Crippen LogP contribution is 2.27. The molecule has 0 aliphatic heterocycles. The fraction of sp³-hybridized carbons (Fsp3) is 1.00. The van der Waals surface area contributed by atoms with Crippen LogP contribution in [0.25, 0.3) is 0 Å². The SMILES string of the molecule is COCC(CC(C)C)C(COC)CC(C)C. The van der Waals surface area contributed by atoms with E-state index in [0.29, 0.717) is 11.8 Å². The highest BCUT2D eigenvalue weighted by Gasteiger charge is 2.23. The van der Waals surface area contributed by atoms with Crippen LogP contribution >= 0.6 is 0 Å². The van der Waals surface area contributed by atoms with Gasteiger partial charge in [0.15, 0.2) is 0 Å². The third kappa shape index (κ3) is 7.24. The van der Waals surface area contributed by atoms with Gasteiger partial charge in [-0.05, 0) is 36.5 Å². The summed E-state index contributed by atoms with van der Waals surface area (Å²) in [7, 11) is 3.60. The van der Waals surface area contributed by atoms with Gasteiger partial charge in [-0.1, -0.05) is 27.7 Å². The van der Waals surface area contributed by atoms with Crippen LogP contribution in [0.2, 0.25) is 0 Å². The lowest BCUT2D eigenvalue weighted by Crippen LogP contribution is -2.26. The molecule has 2 heteroatoms. The molecule has 0 aromatic rings. The minimum absolute atomic E-state index is 0.632. The topological polar surface area (TPSA) is 18.5 Å². The lowest BCUT2D eigenvalue weighted by molar-refractivity contribution is 0.0505. The Morgan fingerprint density at radius 1 is 0.688 bits per heavy atom. The largest absolute Gasteiger partial charge is 0.384 e. The molecule has 0 radical (unpaired) electrons. The summed E-state index contributed by atoms with van der Waals surface area (Å²) in [6.07, 6.45) is 2.46. The van der Waals surface area contributed by atoms with Gasteiger partial charge >= 0.3 is 0 Å². The molecule has 0 fully saturated rings. The molecule has 0 saturated carbocycles. The molecular weight excluding hydrogens is 200 g/mol. The van der Waals surface area contributed by atoms with Crippen molar-refractivity contribution in [1.82, 2.24) is 0 Å². The van der Waals surface area contributed by atoms with E-state index in [4.69, 9.17) is 9.47 Å². The van der Waals surface area contributed by atoms with Crippen LogP contribution < -0.4 is 0 Å². The van der Waals surface area contributed by atoms with Crippen molar-refractivity contribution in [3.63, 3.8) is 0 Å². The summed E-state index contributed by atoms with van der Waals surface area (Å²) in [5.41, 5.74) is 0. The highest BCUT2D eigenvalue weighted by molar-refractivity contribution is 4.72. The average molecular weight is 230 g/mol. The molecule has 0 heterocycles. The van der Waals surface area contributed by atoms with E-state index in [1.165, 1.54) is 12.8 Å². The molecule has 2 nitrogen and oxygen atoms in total. The van der Waals surface area contributed by atoms with Gasteiger partial charge in [0.05, 0.1) is 0 Å². The van der Waals surface area contributed by atoms with E-state index in [9.17, 15) is 0 Å². The van der Waals surface area contributed by atoms with Gasteiger partial charge in [0.2, 0.25) is 0 Å². The minimum atomic E-state index is 0.632. The first-order valence-corrected chi connectivity index (χ1v) is 6.49. The van der Waals surface area contributed by atoms with Gasteiger partial charge in [-0.3, -0.25) is 0 Å². The molecule has 2 unspecified atom stereocenters. The van der Waals surface area contributed by atoms with Crippen molar-refractivity contribution in [1.29, 1.82) is 0 Å². The number of methoxy groups -OCH3 is 2. The second kappa shape index (κ2) is 9.00. The Hall–Kier alpha value is -0.0800. The normalized spacial score (nSPS) is 15.8. The van der Waals surface area contributed by atoms with Gasteiger partial charge in [0, 0.05) is 27.4 Å². The van der Waals surface area contributed by atoms with E-state index >= 15 is 0 Å². The molecule has 2 atom stereocenters. The van der Waals surface area contributed by atoms with Crippen molar-refractivity contribution < 1.29 is 9.47 Å². The van der Waals surface area contributed by atoms with Crippen molar-refractivity contribution in [2.75, 3.05) is 27.4 Å². The predicted molar refractivity (Wildman–Crippen MR) is 69.6 cm³/mol. The zero-order chi connectivity index (χ0) is 12.6. The maximum absolute atomic E-state index is 5.36. The monoisotopic (exact) mass is 230 g/mol. The van der Waals surface area contributed by atoms with Gasteiger partial charge in [-0.2, -0.15) is 0 Å². The molecule has 0 saturated heterocycles. The molecular formula is C14H30O2. The van der Waals surface area contributed by atoms with Crippen molar-refractivity contribution in [3.8, 4) is 0 Å². The van der Waals surface area contributed by atoms with E-state index in [-0.39, 0.29) is 0 Å². The number of ether oxygens (including phenoxy) is 2. The molecule has 0 aliphatic rings. The Kier molecular flexibility index (Phi) is 8.96. The lowest BCUT2D eigenvalue weighted by Gasteiger charge is -2.28. The van der Waals surface area contributed by atoms with Gasteiger partial charge in [0.25, 0.3) is 0 Å². The van der Waals surface area contributed by atoms with Crippen LogP contribution in [0.3, 0.4) is 0 Å². The van der Waals surface area contributed by atoms with Gasteiger partial charge in [-0.15, -0.1) is 0 Å². The highest BCUT2D eigenvalue weighted by atomic mass is 16.5. The first kappa shape index (κ1) is 15.9. The lowest BCUT2D eigenvalue weighted by atomic mass is 9.81. The Morgan fingerprint density at radius 2 is 1.00 bits per heavy atom. The second-order valence-electron chi connectivity index (χ2n) is 5.69. The van der Waals surface area contributed by atoms with Crippen LogP contribution in [-0.2, 0) is 9.47 Å². The smallest absolute Gasteiger partial charge is 0.0494 e. The van der Waals surface area contributed by atoms with E-state index in [1.54, 1.807) is 14.2 Å². The van der Waals surface area contributed by atoms with Crippen LogP contribution in [0.15, 0.2) is 0 Å². The molecule has 0 aromatic carbocycles. The van der Waals surface area contributed by atoms with Crippen molar-refractivity contribution in [2.45, 2.75) is 40.5 Å². The average Bonchev–Trinajstić information content (AvgIpc) is 2.15. The summed E-state index contributed by atoms with van der Waals surface area (Å²) < 4.78 is 10.7. The molecule has 0 rings (SSSR count). The maximum atomic E-state index is 5.36. The molecule has 0 spiro atoms. The molecule has 16 heavy (non-hydrogen) atoms. The zero-order valence-corrected chi connectivity index (χ0v) is 12.0.